The third kappa shape index (κ3) is 2.51. The van der Waals surface area contributed by atoms with Crippen LogP contribution in [0.15, 0.2) is 39.8 Å². The molecule has 0 radical (unpaired) electrons. The first-order chi connectivity index (χ1) is 9.95. The molecule has 21 heavy (non-hydrogen) atoms. The Labute approximate surface area is 132 Å². The smallest absolute Gasteiger partial charge is 0.275 e. The normalized spacial score (nSPS) is 15.2. The zero-order valence-corrected chi connectivity index (χ0v) is 13.7. The molecule has 1 aliphatic heterocycles. The van der Waals surface area contributed by atoms with Crippen LogP contribution in [-0.2, 0) is 4.79 Å². The van der Waals surface area contributed by atoms with Crippen molar-refractivity contribution in [1.29, 1.82) is 0 Å². The molecule has 0 saturated heterocycles. The molecule has 0 fully saturated rings. The van der Waals surface area contributed by atoms with Gasteiger partial charge in [-0.1, -0.05) is 33.6 Å². The summed E-state index contributed by atoms with van der Waals surface area (Å²) in [6.45, 7) is 6.05. The first kappa shape index (κ1) is 14.0. The molecule has 0 spiro atoms. The predicted octanol–water partition coefficient (Wildman–Crippen LogP) is 4.45. The molecule has 0 atom stereocenters. The molecule has 0 unspecified atom stereocenters. The van der Waals surface area contributed by atoms with E-state index >= 15 is 0 Å². The van der Waals surface area contributed by atoms with Gasteiger partial charge in [-0.15, -0.1) is 0 Å². The molecule has 3 rings (SSSR count). The number of anilines is 1. The van der Waals surface area contributed by atoms with Crippen molar-refractivity contribution in [1.82, 2.24) is 0 Å². The van der Waals surface area contributed by atoms with Gasteiger partial charge in [0.15, 0.2) is 0 Å². The van der Waals surface area contributed by atoms with Crippen molar-refractivity contribution in [3.63, 3.8) is 0 Å². The van der Waals surface area contributed by atoms with E-state index in [1.54, 1.807) is 0 Å². The van der Waals surface area contributed by atoms with Gasteiger partial charge >= 0.3 is 0 Å². The third-order valence-corrected chi connectivity index (χ3v) is 4.46. The Morgan fingerprint density at radius 3 is 2.52 bits per heavy atom. The number of nitrogens with zero attached hydrogens (tertiary/aromatic N) is 1. The number of benzene rings is 2. The largest absolute Gasteiger partial charge is 0.320 e. The number of rotatable bonds is 1. The summed E-state index contributed by atoms with van der Waals surface area (Å²) in [7, 11) is 0. The maximum absolute atomic E-state index is 12.2. The maximum Gasteiger partial charge on any atom is 0.275 e. The Hall–Kier alpha value is -1.94. The second kappa shape index (κ2) is 5.11. The van der Waals surface area contributed by atoms with Gasteiger partial charge in [-0.2, -0.15) is 0 Å². The summed E-state index contributed by atoms with van der Waals surface area (Å²) in [5.74, 6) is -0.150. The van der Waals surface area contributed by atoms with Crippen LogP contribution in [0.5, 0.6) is 0 Å². The Morgan fingerprint density at radius 1 is 1.05 bits per heavy atom. The molecule has 0 saturated carbocycles. The number of aliphatic imine (C=N–C) groups is 1. The summed E-state index contributed by atoms with van der Waals surface area (Å²) in [6.07, 6.45) is 0. The number of fused-ring (bicyclic) bond motifs is 1. The Kier molecular flexibility index (Phi) is 3.41. The Morgan fingerprint density at radius 2 is 1.81 bits per heavy atom. The van der Waals surface area contributed by atoms with E-state index in [4.69, 9.17) is 0 Å². The fraction of sp³-hybridized carbons (Fsp3) is 0.176. The minimum Gasteiger partial charge on any atom is -0.320 e. The summed E-state index contributed by atoms with van der Waals surface area (Å²) in [5.41, 5.74) is 6.32. The zero-order chi connectivity index (χ0) is 15.1. The second-order valence-corrected chi connectivity index (χ2v) is 6.21. The van der Waals surface area contributed by atoms with Gasteiger partial charge in [0, 0.05) is 10.0 Å². The van der Waals surface area contributed by atoms with Gasteiger partial charge in [-0.25, -0.2) is 4.99 Å². The number of halogens is 1. The molecule has 2 aromatic rings. The first-order valence-electron chi connectivity index (χ1n) is 6.73. The summed E-state index contributed by atoms with van der Waals surface area (Å²) < 4.78 is 0.981. The molecule has 4 heteroatoms. The molecule has 0 aromatic heterocycles. The van der Waals surface area contributed by atoms with E-state index in [0.717, 1.165) is 32.5 Å². The van der Waals surface area contributed by atoms with Gasteiger partial charge in [0.05, 0.1) is 11.4 Å². The molecule has 3 nitrogen and oxygen atoms in total. The molecule has 1 amide bonds. The monoisotopic (exact) mass is 342 g/mol. The highest BCUT2D eigenvalue weighted by molar-refractivity contribution is 9.10. The average molecular weight is 343 g/mol. The Balaban J connectivity index is 2.14. The number of hydrogen-bond acceptors (Lipinski definition) is 2. The molecule has 0 aliphatic carbocycles. The van der Waals surface area contributed by atoms with Crippen LogP contribution in [0.4, 0.5) is 11.4 Å². The van der Waals surface area contributed by atoms with Crippen molar-refractivity contribution < 1.29 is 4.79 Å². The van der Waals surface area contributed by atoms with Gasteiger partial charge in [0.2, 0.25) is 0 Å². The van der Waals surface area contributed by atoms with Gasteiger partial charge in [0.25, 0.3) is 5.91 Å². The van der Waals surface area contributed by atoms with Crippen LogP contribution in [0.2, 0.25) is 0 Å². The van der Waals surface area contributed by atoms with Gasteiger partial charge in [0.1, 0.15) is 5.71 Å². The van der Waals surface area contributed by atoms with Crippen molar-refractivity contribution in [3.8, 4) is 0 Å². The highest BCUT2D eigenvalue weighted by Gasteiger charge is 2.26. The fourth-order valence-corrected chi connectivity index (χ4v) is 2.79. The van der Waals surface area contributed by atoms with E-state index in [9.17, 15) is 4.79 Å². The second-order valence-electron chi connectivity index (χ2n) is 5.35. The molecule has 2 aromatic carbocycles. The molecule has 106 valence electrons. The highest BCUT2D eigenvalue weighted by atomic mass is 79.9. The molecule has 1 heterocycles. The van der Waals surface area contributed by atoms with Crippen molar-refractivity contribution in [3.05, 3.63) is 57.1 Å². The lowest BCUT2D eigenvalue weighted by Gasteiger charge is -2.04. The van der Waals surface area contributed by atoms with Crippen LogP contribution in [0, 0.1) is 20.8 Å². The van der Waals surface area contributed by atoms with E-state index in [-0.39, 0.29) is 5.91 Å². The van der Waals surface area contributed by atoms with Crippen LogP contribution < -0.4 is 5.32 Å². The van der Waals surface area contributed by atoms with Gasteiger partial charge < -0.3 is 5.32 Å². The number of carbonyl (C=O) groups is 1. The minimum absolute atomic E-state index is 0.150. The molecular formula is C17H15BrN2O. The van der Waals surface area contributed by atoms with E-state index in [1.165, 1.54) is 5.56 Å². The van der Waals surface area contributed by atoms with Crippen LogP contribution >= 0.6 is 15.9 Å². The average Bonchev–Trinajstić information content (AvgIpc) is 2.69. The first-order valence-corrected chi connectivity index (χ1v) is 7.53. The Bertz CT molecular complexity index is 794. The maximum atomic E-state index is 12.2. The number of aryl methyl sites for hydroxylation is 3. The number of carbonyl (C=O) groups excluding carboxylic acids is 1. The predicted molar refractivity (Wildman–Crippen MR) is 89.6 cm³/mol. The summed E-state index contributed by atoms with van der Waals surface area (Å²) in [6, 6.07) is 9.94. The van der Waals surface area contributed by atoms with Crippen LogP contribution in [0.25, 0.3) is 0 Å². The molecule has 1 N–H and O–H groups in total. The standard InChI is InChI=1S/C17H15BrN2O/c1-9-4-5-14(11(3)6-9)19-16-12-7-10(2)13(18)8-15(12)20-17(16)21/h4-8H,1-3H3,(H,19,20,21). The zero-order valence-electron chi connectivity index (χ0n) is 12.1. The lowest BCUT2D eigenvalue weighted by Crippen LogP contribution is -2.14. The van der Waals surface area contributed by atoms with Crippen molar-refractivity contribution in [2.24, 2.45) is 4.99 Å². The van der Waals surface area contributed by atoms with E-state index in [2.05, 4.69) is 32.3 Å². The van der Waals surface area contributed by atoms with Crippen LogP contribution in [-0.4, -0.2) is 11.6 Å². The summed E-state index contributed by atoms with van der Waals surface area (Å²) >= 11 is 3.48. The van der Waals surface area contributed by atoms with Crippen LogP contribution in [0.1, 0.15) is 22.3 Å². The van der Waals surface area contributed by atoms with Gasteiger partial charge in [-0.3, -0.25) is 4.79 Å². The number of nitrogens with one attached hydrogen (secondary N) is 1. The van der Waals surface area contributed by atoms with Crippen molar-refractivity contribution in [2.75, 3.05) is 5.32 Å². The lowest BCUT2D eigenvalue weighted by molar-refractivity contribution is -0.110. The number of hydrogen-bond donors (Lipinski definition) is 1. The summed E-state index contributed by atoms with van der Waals surface area (Å²) in [4.78, 5) is 16.8. The van der Waals surface area contributed by atoms with Crippen molar-refractivity contribution in [2.45, 2.75) is 20.8 Å². The lowest BCUT2D eigenvalue weighted by atomic mass is 10.1. The molecule has 0 bridgehead atoms. The van der Waals surface area contributed by atoms with Crippen LogP contribution in [0.3, 0.4) is 0 Å². The number of amides is 1. The van der Waals surface area contributed by atoms with E-state index in [1.807, 2.05) is 45.0 Å². The fourth-order valence-electron chi connectivity index (χ4n) is 2.45. The third-order valence-electron chi connectivity index (χ3n) is 3.60. The molecule has 1 aliphatic rings. The van der Waals surface area contributed by atoms with Gasteiger partial charge in [-0.05, 0) is 50.1 Å². The summed E-state index contributed by atoms with van der Waals surface area (Å²) in [5, 5.41) is 2.87. The quantitative estimate of drug-likeness (QED) is 0.817. The van der Waals surface area contributed by atoms with E-state index in [0.29, 0.717) is 5.71 Å². The molecular weight excluding hydrogens is 328 g/mol. The topological polar surface area (TPSA) is 41.5 Å². The SMILES string of the molecule is Cc1ccc(N=C2C(=O)Nc3cc(Br)c(C)cc32)c(C)c1. The van der Waals surface area contributed by atoms with E-state index < -0.39 is 0 Å². The highest BCUT2D eigenvalue weighted by Crippen LogP contribution is 2.31. The minimum atomic E-state index is -0.150. The van der Waals surface area contributed by atoms with Crippen molar-refractivity contribution >= 4 is 38.9 Å².